The highest BCUT2D eigenvalue weighted by molar-refractivity contribution is 5.91. The van der Waals surface area contributed by atoms with Crippen molar-refractivity contribution in [3.63, 3.8) is 0 Å². The number of nitrogens with zero attached hydrogens (tertiary/aromatic N) is 1. The lowest BCUT2D eigenvalue weighted by Gasteiger charge is -1.88. The van der Waals surface area contributed by atoms with Gasteiger partial charge in [0.25, 0.3) is 0 Å². The summed E-state index contributed by atoms with van der Waals surface area (Å²) in [5.74, 6) is -0.911. The van der Waals surface area contributed by atoms with Gasteiger partial charge in [0.05, 0.1) is 6.20 Å². The second-order valence-corrected chi connectivity index (χ2v) is 2.16. The van der Waals surface area contributed by atoms with Crippen molar-refractivity contribution in [1.29, 1.82) is 0 Å². The van der Waals surface area contributed by atoms with Gasteiger partial charge in [-0.2, -0.15) is 5.10 Å². The molecule has 0 aliphatic carbocycles. The number of carbonyl (C=O) groups is 1. The van der Waals surface area contributed by atoms with Crippen molar-refractivity contribution in [3.05, 3.63) is 23.5 Å². The number of nitrogens with one attached hydrogen (secondary N) is 1. The third-order valence-electron chi connectivity index (χ3n) is 1.24. The van der Waals surface area contributed by atoms with Crippen molar-refractivity contribution < 1.29 is 9.90 Å². The lowest BCUT2D eigenvalue weighted by Crippen LogP contribution is -1.94. The topological polar surface area (TPSA) is 66.0 Å². The minimum atomic E-state index is -0.911. The Bertz CT molecular complexity index is 275. The van der Waals surface area contributed by atoms with E-state index < -0.39 is 5.97 Å². The molecule has 0 spiro atoms. The van der Waals surface area contributed by atoms with Crippen LogP contribution < -0.4 is 0 Å². The molecule has 0 fully saturated rings. The van der Waals surface area contributed by atoms with Crippen LogP contribution in [0.5, 0.6) is 0 Å². The molecule has 58 valence electrons. The van der Waals surface area contributed by atoms with Crippen LogP contribution in [0, 0.1) is 0 Å². The first-order chi connectivity index (χ1) is 5.20. The fourth-order valence-corrected chi connectivity index (χ4v) is 0.652. The zero-order chi connectivity index (χ0) is 8.27. The van der Waals surface area contributed by atoms with Gasteiger partial charge in [0.2, 0.25) is 0 Å². The number of aliphatic carboxylic acids is 1. The second kappa shape index (κ2) is 3.01. The van der Waals surface area contributed by atoms with Gasteiger partial charge >= 0.3 is 5.97 Å². The average molecular weight is 152 g/mol. The van der Waals surface area contributed by atoms with E-state index in [2.05, 4.69) is 10.2 Å². The summed E-state index contributed by atoms with van der Waals surface area (Å²) in [4.78, 5) is 10.3. The van der Waals surface area contributed by atoms with Gasteiger partial charge in [-0.15, -0.1) is 0 Å². The maximum atomic E-state index is 10.3. The van der Waals surface area contributed by atoms with Crippen molar-refractivity contribution in [2.24, 2.45) is 0 Å². The monoisotopic (exact) mass is 152 g/mol. The molecule has 4 heteroatoms. The summed E-state index contributed by atoms with van der Waals surface area (Å²) >= 11 is 0. The predicted octanol–water partition coefficient (Wildman–Crippen LogP) is 0.898. The molecule has 0 aliphatic heterocycles. The van der Waals surface area contributed by atoms with Gasteiger partial charge < -0.3 is 5.11 Å². The molecule has 0 saturated carbocycles. The summed E-state index contributed by atoms with van der Waals surface area (Å²) < 4.78 is 0. The second-order valence-electron chi connectivity index (χ2n) is 2.16. The Morgan fingerprint density at radius 2 is 2.55 bits per heavy atom. The number of rotatable bonds is 2. The molecule has 1 aromatic heterocycles. The standard InChI is InChI=1S/C7H8N2O2/c1-5(7(10)11)2-6-3-8-9-4-6/h2-4H,1H3,(H,8,9)(H,10,11). The van der Waals surface area contributed by atoms with Crippen LogP contribution in [0.1, 0.15) is 12.5 Å². The summed E-state index contributed by atoms with van der Waals surface area (Å²) in [7, 11) is 0. The van der Waals surface area contributed by atoms with Crippen LogP contribution in [0.2, 0.25) is 0 Å². The van der Waals surface area contributed by atoms with Gasteiger partial charge in [0.1, 0.15) is 0 Å². The summed E-state index contributed by atoms with van der Waals surface area (Å²) in [5.41, 5.74) is 1.07. The van der Waals surface area contributed by atoms with Crippen molar-refractivity contribution in [2.75, 3.05) is 0 Å². The maximum absolute atomic E-state index is 10.3. The Balaban J connectivity index is 2.82. The fourth-order valence-electron chi connectivity index (χ4n) is 0.652. The lowest BCUT2D eigenvalue weighted by molar-refractivity contribution is -0.132. The van der Waals surface area contributed by atoms with Crippen LogP contribution >= 0.6 is 0 Å². The van der Waals surface area contributed by atoms with E-state index >= 15 is 0 Å². The molecule has 0 saturated heterocycles. The van der Waals surface area contributed by atoms with Gasteiger partial charge in [0.15, 0.2) is 0 Å². The molecule has 11 heavy (non-hydrogen) atoms. The minimum absolute atomic E-state index is 0.298. The smallest absolute Gasteiger partial charge is 0.331 e. The summed E-state index contributed by atoms with van der Waals surface area (Å²) in [6, 6.07) is 0. The average Bonchev–Trinajstić information content (AvgIpc) is 2.39. The quantitative estimate of drug-likeness (QED) is 0.618. The Morgan fingerprint density at radius 3 is 3.00 bits per heavy atom. The first-order valence-electron chi connectivity index (χ1n) is 3.10. The Hall–Kier alpha value is -1.58. The van der Waals surface area contributed by atoms with Crippen molar-refractivity contribution in [1.82, 2.24) is 10.2 Å². The van der Waals surface area contributed by atoms with Crippen LogP contribution in [0.25, 0.3) is 6.08 Å². The maximum Gasteiger partial charge on any atom is 0.331 e. The normalized spacial score (nSPS) is 11.5. The molecule has 4 nitrogen and oxygen atoms in total. The van der Waals surface area contributed by atoms with Gasteiger partial charge in [-0.25, -0.2) is 4.79 Å². The molecular weight excluding hydrogens is 144 g/mol. The van der Waals surface area contributed by atoms with E-state index in [9.17, 15) is 4.79 Å². The molecule has 0 aliphatic rings. The fraction of sp³-hybridized carbons (Fsp3) is 0.143. The van der Waals surface area contributed by atoms with Crippen LogP contribution in [0.4, 0.5) is 0 Å². The predicted molar refractivity (Wildman–Crippen MR) is 39.9 cm³/mol. The highest BCUT2D eigenvalue weighted by Gasteiger charge is 1.99. The Kier molecular flexibility index (Phi) is 2.06. The summed E-state index contributed by atoms with van der Waals surface area (Å²) in [5, 5.41) is 14.7. The molecule has 0 aromatic carbocycles. The molecule has 0 amide bonds. The highest BCUT2D eigenvalue weighted by Crippen LogP contribution is 2.02. The summed E-state index contributed by atoms with van der Waals surface area (Å²) in [6.45, 7) is 1.54. The Morgan fingerprint density at radius 1 is 1.82 bits per heavy atom. The number of H-pyrrole nitrogens is 1. The Labute approximate surface area is 63.6 Å². The third-order valence-corrected chi connectivity index (χ3v) is 1.24. The SMILES string of the molecule is CC(=Cc1cn[nH]c1)C(=O)O. The number of carboxylic acids is 1. The molecular formula is C7H8N2O2. The molecule has 2 N–H and O–H groups in total. The molecule has 1 heterocycles. The largest absolute Gasteiger partial charge is 0.478 e. The van der Waals surface area contributed by atoms with Crippen LogP contribution in [-0.2, 0) is 4.79 Å². The lowest BCUT2D eigenvalue weighted by atomic mass is 10.2. The van der Waals surface area contributed by atoms with E-state index in [0.717, 1.165) is 5.56 Å². The van der Waals surface area contributed by atoms with Crippen LogP contribution in [0.3, 0.4) is 0 Å². The van der Waals surface area contributed by atoms with E-state index in [1.165, 1.54) is 6.92 Å². The molecule has 0 unspecified atom stereocenters. The van der Waals surface area contributed by atoms with E-state index in [1.54, 1.807) is 18.5 Å². The van der Waals surface area contributed by atoms with Gasteiger partial charge in [-0.1, -0.05) is 0 Å². The van der Waals surface area contributed by atoms with Crippen LogP contribution in [0.15, 0.2) is 18.0 Å². The molecule has 1 aromatic rings. The van der Waals surface area contributed by atoms with Crippen molar-refractivity contribution in [2.45, 2.75) is 6.92 Å². The van der Waals surface area contributed by atoms with E-state index in [4.69, 9.17) is 5.11 Å². The molecule has 0 atom stereocenters. The summed E-state index contributed by atoms with van der Waals surface area (Å²) in [6.07, 6.45) is 4.74. The van der Waals surface area contributed by atoms with Crippen LogP contribution in [-0.4, -0.2) is 21.3 Å². The number of aromatic nitrogens is 2. The molecule has 0 bridgehead atoms. The van der Waals surface area contributed by atoms with E-state index in [1.807, 2.05) is 0 Å². The first kappa shape index (κ1) is 7.53. The number of carboxylic acid groups (broad SMARTS) is 1. The van der Waals surface area contributed by atoms with E-state index in [0.29, 0.717) is 5.57 Å². The van der Waals surface area contributed by atoms with Crippen molar-refractivity contribution in [3.8, 4) is 0 Å². The highest BCUT2D eigenvalue weighted by atomic mass is 16.4. The number of aromatic amines is 1. The zero-order valence-corrected chi connectivity index (χ0v) is 6.03. The van der Waals surface area contributed by atoms with Crippen molar-refractivity contribution >= 4 is 12.0 Å². The molecule has 0 radical (unpaired) electrons. The molecule has 1 rings (SSSR count). The van der Waals surface area contributed by atoms with Gasteiger partial charge in [-0.05, 0) is 13.0 Å². The first-order valence-corrected chi connectivity index (χ1v) is 3.10. The number of hydrogen-bond acceptors (Lipinski definition) is 2. The zero-order valence-electron chi connectivity index (χ0n) is 6.03. The van der Waals surface area contributed by atoms with Gasteiger partial charge in [0, 0.05) is 17.3 Å². The number of hydrogen-bond donors (Lipinski definition) is 2. The third kappa shape index (κ3) is 1.93. The van der Waals surface area contributed by atoms with E-state index in [-0.39, 0.29) is 0 Å². The minimum Gasteiger partial charge on any atom is -0.478 e. The van der Waals surface area contributed by atoms with Gasteiger partial charge in [-0.3, -0.25) is 5.10 Å².